The number of hydrogen-bond donors (Lipinski definition) is 1. The summed E-state index contributed by atoms with van der Waals surface area (Å²) in [5, 5.41) is 2.99. The van der Waals surface area contributed by atoms with Crippen molar-refractivity contribution in [3.05, 3.63) is 59.2 Å². The predicted octanol–water partition coefficient (Wildman–Crippen LogP) is 2.77. The Labute approximate surface area is 172 Å². The van der Waals surface area contributed by atoms with Gasteiger partial charge in [0.15, 0.2) is 6.61 Å². The molecule has 2 aromatic carbocycles. The van der Waals surface area contributed by atoms with Gasteiger partial charge in [0.2, 0.25) is 5.91 Å². The van der Waals surface area contributed by atoms with E-state index >= 15 is 0 Å². The van der Waals surface area contributed by atoms with Crippen molar-refractivity contribution in [2.24, 2.45) is 0 Å². The molecule has 1 aliphatic heterocycles. The van der Waals surface area contributed by atoms with Crippen molar-refractivity contribution in [2.75, 3.05) is 44.6 Å². The number of carbonyl (C=O) groups is 2. The highest BCUT2D eigenvalue weighted by atomic mass is 16.5. The van der Waals surface area contributed by atoms with Crippen LogP contribution >= 0.6 is 0 Å². The zero-order chi connectivity index (χ0) is 20.8. The summed E-state index contributed by atoms with van der Waals surface area (Å²) in [7, 11) is 0. The second kappa shape index (κ2) is 9.56. The smallest absolute Gasteiger partial charge is 0.260 e. The van der Waals surface area contributed by atoms with Gasteiger partial charge < -0.3 is 15.0 Å². The highest BCUT2D eigenvalue weighted by molar-refractivity contribution is 5.93. The van der Waals surface area contributed by atoms with E-state index in [2.05, 4.69) is 10.2 Å². The number of rotatable bonds is 6. The molecule has 6 heteroatoms. The second-order valence-corrected chi connectivity index (χ2v) is 7.56. The van der Waals surface area contributed by atoms with Crippen LogP contribution in [0.2, 0.25) is 0 Å². The number of ether oxygens (including phenoxy) is 1. The largest absolute Gasteiger partial charge is 0.484 e. The van der Waals surface area contributed by atoms with E-state index in [1.165, 1.54) is 0 Å². The lowest BCUT2D eigenvalue weighted by molar-refractivity contribution is -0.135. The third-order valence-corrected chi connectivity index (χ3v) is 5.32. The number of nitrogens with one attached hydrogen (secondary N) is 1. The summed E-state index contributed by atoms with van der Waals surface area (Å²) in [6, 6.07) is 13.6. The molecule has 0 saturated carbocycles. The van der Waals surface area contributed by atoms with E-state index in [0.717, 1.165) is 22.4 Å². The maximum atomic E-state index is 12.4. The fourth-order valence-electron chi connectivity index (χ4n) is 3.38. The quantitative estimate of drug-likeness (QED) is 0.817. The Balaban J connectivity index is 1.42. The van der Waals surface area contributed by atoms with Gasteiger partial charge in [-0.2, -0.15) is 0 Å². The molecule has 0 unspecified atom stereocenters. The first-order valence-corrected chi connectivity index (χ1v) is 9.98. The molecule has 29 heavy (non-hydrogen) atoms. The van der Waals surface area contributed by atoms with Crippen molar-refractivity contribution in [2.45, 2.75) is 20.8 Å². The second-order valence-electron chi connectivity index (χ2n) is 7.56. The first-order valence-electron chi connectivity index (χ1n) is 9.98. The molecular formula is C23H29N3O3. The Hall–Kier alpha value is -2.86. The molecule has 6 nitrogen and oxygen atoms in total. The molecule has 2 aromatic rings. The summed E-state index contributed by atoms with van der Waals surface area (Å²) in [4.78, 5) is 28.7. The Morgan fingerprint density at radius 2 is 1.72 bits per heavy atom. The van der Waals surface area contributed by atoms with E-state index in [0.29, 0.717) is 38.5 Å². The number of hydrogen-bond acceptors (Lipinski definition) is 4. The van der Waals surface area contributed by atoms with Crippen molar-refractivity contribution < 1.29 is 14.3 Å². The Kier molecular flexibility index (Phi) is 6.88. The Morgan fingerprint density at radius 3 is 2.45 bits per heavy atom. The van der Waals surface area contributed by atoms with E-state index in [1.54, 1.807) is 4.90 Å². The summed E-state index contributed by atoms with van der Waals surface area (Å²) in [5.74, 6) is 0.660. The molecule has 1 N–H and O–H groups in total. The van der Waals surface area contributed by atoms with Crippen LogP contribution in [-0.4, -0.2) is 60.9 Å². The maximum absolute atomic E-state index is 12.4. The predicted molar refractivity (Wildman–Crippen MR) is 114 cm³/mol. The average molecular weight is 396 g/mol. The molecule has 1 fully saturated rings. The fourth-order valence-corrected chi connectivity index (χ4v) is 3.38. The number of aryl methyl sites for hydroxylation is 2. The summed E-state index contributed by atoms with van der Waals surface area (Å²) in [6.45, 7) is 8.96. The van der Waals surface area contributed by atoms with Crippen LogP contribution in [-0.2, 0) is 9.59 Å². The third-order valence-electron chi connectivity index (χ3n) is 5.32. The lowest BCUT2D eigenvalue weighted by Gasteiger charge is -2.34. The van der Waals surface area contributed by atoms with Gasteiger partial charge in [0.1, 0.15) is 5.75 Å². The van der Waals surface area contributed by atoms with E-state index in [-0.39, 0.29) is 18.4 Å². The van der Waals surface area contributed by atoms with E-state index < -0.39 is 0 Å². The molecule has 1 saturated heterocycles. The lowest BCUT2D eigenvalue weighted by Crippen LogP contribution is -2.51. The summed E-state index contributed by atoms with van der Waals surface area (Å²) in [6.07, 6.45) is 0. The molecule has 2 amide bonds. The standard InChI is InChI=1S/C23H29N3O3/c1-17-6-4-8-20(14-17)29-16-23(28)26-12-10-25(11-13-26)15-22(27)24-21-9-5-7-18(2)19(21)3/h4-9,14H,10-13,15-16H2,1-3H3,(H,24,27). The number of carbonyl (C=O) groups excluding carboxylic acids is 2. The Morgan fingerprint density at radius 1 is 1.00 bits per heavy atom. The molecule has 0 radical (unpaired) electrons. The third kappa shape index (κ3) is 5.81. The van der Waals surface area contributed by atoms with Gasteiger partial charge >= 0.3 is 0 Å². The van der Waals surface area contributed by atoms with Gasteiger partial charge in [-0.25, -0.2) is 0 Å². The minimum atomic E-state index is -0.0266. The number of nitrogens with zero attached hydrogens (tertiary/aromatic N) is 2. The first-order chi connectivity index (χ1) is 13.9. The van der Waals surface area contributed by atoms with Crippen LogP contribution in [0.25, 0.3) is 0 Å². The average Bonchev–Trinajstić information content (AvgIpc) is 2.70. The molecule has 0 bridgehead atoms. The Bertz CT molecular complexity index is 873. The van der Waals surface area contributed by atoms with Crippen LogP contribution in [0.5, 0.6) is 5.75 Å². The van der Waals surface area contributed by atoms with Crippen LogP contribution in [0.15, 0.2) is 42.5 Å². The van der Waals surface area contributed by atoms with Crippen molar-refractivity contribution in [1.29, 1.82) is 0 Å². The topological polar surface area (TPSA) is 61.9 Å². The van der Waals surface area contributed by atoms with Crippen molar-refractivity contribution in [3.63, 3.8) is 0 Å². The van der Waals surface area contributed by atoms with E-state index in [1.807, 2.05) is 63.2 Å². The maximum Gasteiger partial charge on any atom is 0.260 e. The van der Waals surface area contributed by atoms with Crippen molar-refractivity contribution in [3.8, 4) is 5.75 Å². The molecular weight excluding hydrogens is 366 g/mol. The molecule has 1 heterocycles. The highest BCUT2D eigenvalue weighted by Crippen LogP contribution is 2.18. The van der Waals surface area contributed by atoms with Gasteiger partial charge in [-0.05, 0) is 55.7 Å². The fraction of sp³-hybridized carbons (Fsp3) is 0.391. The lowest BCUT2D eigenvalue weighted by atomic mass is 10.1. The number of anilines is 1. The van der Waals surface area contributed by atoms with Gasteiger partial charge in [-0.15, -0.1) is 0 Å². The van der Waals surface area contributed by atoms with Gasteiger partial charge in [-0.3, -0.25) is 14.5 Å². The number of benzene rings is 2. The normalized spacial score (nSPS) is 14.5. The molecule has 154 valence electrons. The van der Waals surface area contributed by atoms with Gasteiger partial charge in [0.25, 0.3) is 5.91 Å². The van der Waals surface area contributed by atoms with Gasteiger partial charge in [-0.1, -0.05) is 24.3 Å². The minimum absolute atomic E-state index is 0.0222. The van der Waals surface area contributed by atoms with Crippen LogP contribution in [0, 0.1) is 20.8 Å². The summed E-state index contributed by atoms with van der Waals surface area (Å²) in [5.41, 5.74) is 4.20. The zero-order valence-corrected chi connectivity index (χ0v) is 17.4. The van der Waals surface area contributed by atoms with Crippen LogP contribution in [0.4, 0.5) is 5.69 Å². The molecule has 0 atom stereocenters. The highest BCUT2D eigenvalue weighted by Gasteiger charge is 2.23. The SMILES string of the molecule is Cc1cccc(OCC(=O)N2CCN(CC(=O)Nc3cccc(C)c3C)CC2)c1. The van der Waals surface area contributed by atoms with Crippen molar-refractivity contribution >= 4 is 17.5 Å². The van der Waals surface area contributed by atoms with Crippen LogP contribution in [0.3, 0.4) is 0 Å². The zero-order valence-electron chi connectivity index (χ0n) is 17.4. The van der Waals surface area contributed by atoms with E-state index in [9.17, 15) is 9.59 Å². The monoisotopic (exact) mass is 395 g/mol. The van der Waals surface area contributed by atoms with Crippen LogP contribution in [0.1, 0.15) is 16.7 Å². The number of piperazine rings is 1. The summed E-state index contributed by atoms with van der Waals surface area (Å²) >= 11 is 0. The number of amides is 2. The van der Waals surface area contributed by atoms with Gasteiger partial charge in [0.05, 0.1) is 6.54 Å². The van der Waals surface area contributed by atoms with Crippen molar-refractivity contribution in [1.82, 2.24) is 9.80 Å². The van der Waals surface area contributed by atoms with E-state index in [4.69, 9.17) is 4.74 Å². The molecule has 0 aliphatic carbocycles. The summed E-state index contributed by atoms with van der Waals surface area (Å²) < 4.78 is 5.61. The van der Waals surface area contributed by atoms with Gasteiger partial charge in [0, 0.05) is 31.9 Å². The minimum Gasteiger partial charge on any atom is -0.484 e. The first kappa shape index (κ1) is 20.9. The molecule has 1 aliphatic rings. The molecule has 0 spiro atoms. The molecule has 0 aromatic heterocycles. The van der Waals surface area contributed by atoms with Crippen LogP contribution < -0.4 is 10.1 Å². The molecule has 3 rings (SSSR count).